The topological polar surface area (TPSA) is 83.1 Å². The smallest absolute Gasteiger partial charge is 0.255 e. The molecule has 7 heteroatoms. The fourth-order valence-electron chi connectivity index (χ4n) is 3.15. The molecular formula is C21H23NO6. The van der Waals surface area contributed by atoms with Gasteiger partial charge >= 0.3 is 0 Å². The van der Waals surface area contributed by atoms with Crippen molar-refractivity contribution in [3.05, 3.63) is 41.5 Å². The highest BCUT2D eigenvalue weighted by Gasteiger charge is 2.32. The lowest BCUT2D eigenvalue weighted by atomic mass is 9.93. The molecule has 7 nitrogen and oxygen atoms in total. The first kappa shape index (κ1) is 19.5. The molecule has 0 atom stereocenters. The van der Waals surface area contributed by atoms with Crippen LogP contribution in [0.5, 0.6) is 23.0 Å². The molecule has 2 aromatic rings. The van der Waals surface area contributed by atoms with E-state index in [0.29, 0.717) is 39.8 Å². The van der Waals surface area contributed by atoms with Gasteiger partial charge < -0.3 is 24.3 Å². The lowest BCUT2D eigenvalue weighted by Gasteiger charge is -2.31. The molecule has 2 aromatic carbocycles. The number of Topliss-reactive ketones (excluding diaryl/α,β-unsaturated/α-hetero) is 1. The van der Waals surface area contributed by atoms with Crippen LogP contribution in [0.4, 0.5) is 5.69 Å². The highest BCUT2D eigenvalue weighted by molar-refractivity contribution is 6.07. The maximum atomic E-state index is 12.7. The number of carbonyl (C=O) groups excluding carboxylic acids is 2. The van der Waals surface area contributed by atoms with Gasteiger partial charge in [0.1, 0.15) is 11.4 Å². The number of rotatable bonds is 5. The van der Waals surface area contributed by atoms with E-state index in [0.717, 1.165) is 0 Å². The number of hydrogen-bond donors (Lipinski definition) is 1. The van der Waals surface area contributed by atoms with E-state index in [-0.39, 0.29) is 18.1 Å². The molecule has 0 saturated heterocycles. The summed E-state index contributed by atoms with van der Waals surface area (Å²) < 4.78 is 21.7. The molecule has 1 aliphatic heterocycles. The summed E-state index contributed by atoms with van der Waals surface area (Å²) in [7, 11) is 4.46. The van der Waals surface area contributed by atoms with Crippen LogP contribution in [0.15, 0.2) is 30.3 Å². The summed E-state index contributed by atoms with van der Waals surface area (Å²) in [6, 6.07) is 8.14. The Morgan fingerprint density at radius 2 is 1.68 bits per heavy atom. The van der Waals surface area contributed by atoms with Crippen molar-refractivity contribution in [2.75, 3.05) is 26.6 Å². The summed E-state index contributed by atoms with van der Waals surface area (Å²) >= 11 is 0. The quantitative estimate of drug-likeness (QED) is 0.845. The minimum Gasteiger partial charge on any atom is -0.493 e. The molecular weight excluding hydrogens is 362 g/mol. The van der Waals surface area contributed by atoms with Gasteiger partial charge in [-0.05, 0) is 44.2 Å². The van der Waals surface area contributed by atoms with Crippen LogP contribution >= 0.6 is 0 Å². The average molecular weight is 385 g/mol. The first-order valence-corrected chi connectivity index (χ1v) is 8.75. The molecule has 1 aliphatic rings. The number of anilines is 1. The largest absolute Gasteiger partial charge is 0.493 e. The molecule has 1 N–H and O–H groups in total. The van der Waals surface area contributed by atoms with Crippen LogP contribution in [0.25, 0.3) is 0 Å². The number of ether oxygens (including phenoxy) is 4. The van der Waals surface area contributed by atoms with Crippen LogP contribution in [-0.4, -0.2) is 38.6 Å². The summed E-state index contributed by atoms with van der Waals surface area (Å²) in [5, 5.41) is 2.79. The second-order valence-corrected chi connectivity index (χ2v) is 7.04. The summed E-state index contributed by atoms with van der Waals surface area (Å²) in [6.07, 6.45) is 0.282. The molecule has 0 unspecified atom stereocenters. The molecule has 0 aliphatic carbocycles. The zero-order valence-corrected chi connectivity index (χ0v) is 16.5. The van der Waals surface area contributed by atoms with E-state index >= 15 is 0 Å². The van der Waals surface area contributed by atoms with E-state index in [9.17, 15) is 9.59 Å². The average Bonchev–Trinajstić information content (AvgIpc) is 2.66. The van der Waals surface area contributed by atoms with Gasteiger partial charge in [-0.1, -0.05) is 0 Å². The van der Waals surface area contributed by atoms with Gasteiger partial charge in [0.25, 0.3) is 5.91 Å². The molecule has 1 amide bonds. The number of nitrogens with one attached hydrogen (secondary N) is 1. The van der Waals surface area contributed by atoms with Gasteiger partial charge in [0.05, 0.1) is 33.3 Å². The molecule has 0 bridgehead atoms. The molecule has 0 radical (unpaired) electrons. The van der Waals surface area contributed by atoms with Crippen LogP contribution in [-0.2, 0) is 0 Å². The van der Waals surface area contributed by atoms with Gasteiger partial charge in [-0.15, -0.1) is 0 Å². The number of fused-ring (bicyclic) bond motifs is 1. The second-order valence-electron chi connectivity index (χ2n) is 7.04. The number of benzene rings is 2. The zero-order chi connectivity index (χ0) is 20.5. The number of methoxy groups -OCH3 is 3. The number of hydrogen-bond acceptors (Lipinski definition) is 6. The maximum absolute atomic E-state index is 12.7. The molecule has 3 rings (SSSR count). The number of amides is 1. The zero-order valence-electron chi connectivity index (χ0n) is 16.5. The van der Waals surface area contributed by atoms with Gasteiger partial charge in [0, 0.05) is 11.3 Å². The van der Waals surface area contributed by atoms with Gasteiger partial charge in [-0.3, -0.25) is 9.59 Å². The Balaban J connectivity index is 1.88. The van der Waals surface area contributed by atoms with Crippen molar-refractivity contribution in [1.82, 2.24) is 0 Å². The molecule has 28 heavy (non-hydrogen) atoms. The lowest BCUT2D eigenvalue weighted by Crippen LogP contribution is -2.35. The fourth-order valence-corrected chi connectivity index (χ4v) is 3.15. The molecule has 0 spiro atoms. The van der Waals surface area contributed by atoms with Crippen molar-refractivity contribution in [2.45, 2.75) is 25.9 Å². The van der Waals surface area contributed by atoms with E-state index in [4.69, 9.17) is 18.9 Å². The van der Waals surface area contributed by atoms with E-state index in [2.05, 4.69) is 5.32 Å². The third-order valence-corrected chi connectivity index (χ3v) is 4.44. The van der Waals surface area contributed by atoms with E-state index in [1.54, 1.807) is 30.3 Å². The van der Waals surface area contributed by atoms with Gasteiger partial charge in [-0.2, -0.15) is 0 Å². The number of ketones is 1. The summed E-state index contributed by atoms with van der Waals surface area (Å²) in [6.45, 7) is 3.74. The third-order valence-electron chi connectivity index (χ3n) is 4.44. The van der Waals surface area contributed by atoms with Crippen molar-refractivity contribution in [3.8, 4) is 23.0 Å². The molecule has 0 fully saturated rings. The van der Waals surface area contributed by atoms with E-state index in [1.807, 2.05) is 13.8 Å². The molecule has 0 aromatic heterocycles. The highest BCUT2D eigenvalue weighted by Crippen LogP contribution is 2.39. The standard InChI is InChI=1S/C21H23NO6/c1-21(2)11-15(23)14-10-13(6-7-16(14)28-21)22-20(24)12-8-17(25-3)19(27-5)18(9-12)26-4/h6-10H,11H2,1-5H3,(H,22,24). The summed E-state index contributed by atoms with van der Waals surface area (Å²) in [4.78, 5) is 25.1. The van der Waals surface area contributed by atoms with Crippen molar-refractivity contribution in [1.29, 1.82) is 0 Å². The van der Waals surface area contributed by atoms with E-state index in [1.165, 1.54) is 21.3 Å². The Labute approximate surface area is 163 Å². The maximum Gasteiger partial charge on any atom is 0.255 e. The molecule has 1 heterocycles. The minimum atomic E-state index is -0.537. The first-order chi connectivity index (χ1) is 13.3. The Kier molecular flexibility index (Phi) is 5.18. The van der Waals surface area contributed by atoms with Gasteiger partial charge in [0.2, 0.25) is 5.75 Å². The Hall–Kier alpha value is -3.22. The van der Waals surface area contributed by atoms with Gasteiger partial charge in [0.15, 0.2) is 17.3 Å². The Bertz CT molecular complexity index is 909. The third kappa shape index (κ3) is 3.74. The van der Waals surface area contributed by atoms with Crippen LogP contribution in [0.2, 0.25) is 0 Å². The second kappa shape index (κ2) is 7.42. The van der Waals surface area contributed by atoms with Crippen molar-refractivity contribution in [3.63, 3.8) is 0 Å². The lowest BCUT2D eigenvalue weighted by molar-refractivity contribution is 0.0620. The predicted octanol–water partition coefficient (Wildman–Crippen LogP) is 3.71. The summed E-state index contributed by atoms with van der Waals surface area (Å²) in [5.74, 6) is 1.29. The van der Waals surface area contributed by atoms with Crippen molar-refractivity contribution >= 4 is 17.4 Å². The van der Waals surface area contributed by atoms with Crippen molar-refractivity contribution < 1.29 is 28.5 Å². The SMILES string of the molecule is COc1cc(C(=O)Nc2ccc3c(c2)C(=O)CC(C)(C)O3)cc(OC)c1OC. The first-order valence-electron chi connectivity index (χ1n) is 8.75. The van der Waals surface area contributed by atoms with Crippen LogP contribution in [0.3, 0.4) is 0 Å². The molecule has 0 saturated carbocycles. The van der Waals surface area contributed by atoms with Crippen LogP contribution in [0.1, 0.15) is 41.0 Å². The van der Waals surface area contributed by atoms with Crippen molar-refractivity contribution in [2.24, 2.45) is 0 Å². The number of carbonyl (C=O) groups is 2. The predicted molar refractivity (Wildman–Crippen MR) is 104 cm³/mol. The monoisotopic (exact) mass is 385 g/mol. The van der Waals surface area contributed by atoms with Crippen LogP contribution < -0.4 is 24.3 Å². The summed E-state index contributed by atoms with van der Waals surface area (Å²) in [5.41, 5.74) is 0.748. The van der Waals surface area contributed by atoms with Crippen LogP contribution in [0, 0.1) is 0 Å². The normalized spacial score (nSPS) is 14.5. The fraction of sp³-hybridized carbons (Fsp3) is 0.333. The van der Waals surface area contributed by atoms with E-state index < -0.39 is 5.60 Å². The Morgan fingerprint density at radius 1 is 1.04 bits per heavy atom. The Morgan fingerprint density at radius 3 is 2.25 bits per heavy atom. The highest BCUT2D eigenvalue weighted by atomic mass is 16.5. The minimum absolute atomic E-state index is 0.0184. The molecule has 148 valence electrons. The van der Waals surface area contributed by atoms with Gasteiger partial charge in [-0.25, -0.2) is 0 Å².